The van der Waals surface area contributed by atoms with Crippen LogP contribution in [0.4, 0.5) is 14.5 Å². The van der Waals surface area contributed by atoms with Crippen molar-refractivity contribution in [3.8, 4) is 5.75 Å². The van der Waals surface area contributed by atoms with Gasteiger partial charge in [-0.05, 0) is 12.8 Å². The topological polar surface area (TPSA) is 50.4 Å². The maximum absolute atomic E-state index is 13.5. The van der Waals surface area contributed by atoms with E-state index in [-0.39, 0.29) is 24.2 Å². The summed E-state index contributed by atoms with van der Waals surface area (Å²) in [5.41, 5.74) is 0.213. The quantitative estimate of drug-likeness (QED) is 0.879. The SMILES string of the molecule is COc1c(F)cc(NCC(=O)NC2CCCCC2)cc1F. The molecule has 0 aliphatic heterocycles. The molecule has 4 nitrogen and oxygen atoms in total. The molecule has 1 aromatic carbocycles. The second-order valence-electron chi connectivity index (χ2n) is 5.23. The van der Waals surface area contributed by atoms with Crippen LogP contribution in [0.2, 0.25) is 0 Å². The van der Waals surface area contributed by atoms with Crippen molar-refractivity contribution in [2.45, 2.75) is 38.1 Å². The monoisotopic (exact) mass is 298 g/mol. The second-order valence-corrected chi connectivity index (χ2v) is 5.23. The lowest BCUT2D eigenvalue weighted by Crippen LogP contribution is -2.39. The number of hydrogen-bond acceptors (Lipinski definition) is 3. The van der Waals surface area contributed by atoms with Crippen molar-refractivity contribution >= 4 is 11.6 Å². The zero-order chi connectivity index (χ0) is 15.2. The lowest BCUT2D eigenvalue weighted by molar-refractivity contribution is -0.120. The van der Waals surface area contributed by atoms with Gasteiger partial charge in [0.1, 0.15) is 0 Å². The van der Waals surface area contributed by atoms with Gasteiger partial charge in [0, 0.05) is 23.9 Å². The molecule has 1 saturated carbocycles. The fraction of sp³-hybridized carbons (Fsp3) is 0.533. The highest BCUT2D eigenvalue weighted by atomic mass is 19.1. The number of rotatable bonds is 5. The number of methoxy groups -OCH3 is 1. The van der Waals surface area contributed by atoms with Crippen LogP contribution in [0.1, 0.15) is 32.1 Å². The predicted molar refractivity (Wildman–Crippen MR) is 76.4 cm³/mol. The highest BCUT2D eigenvalue weighted by Gasteiger charge is 2.16. The Balaban J connectivity index is 1.86. The van der Waals surface area contributed by atoms with Gasteiger partial charge in [-0.2, -0.15) is 0 Å². The minimum atomic E-state index is -0.798. The van der Waals surface area contributed by atoms with Gasteiger partial charge in [0.2, 0.25) is 5.91 Å². The Morgan fingerprint density at radius 1 is 1.24 bits per heavy atom. The molecule has 1 aliphatic rings. The molecule has 6 heteroatoms. The predicted octanol–water partition coefficient (Wildman–Crippen LogP) is 2.83. The number of anilines is 1. The van der Waals surface area contributed by atoms with Crippen LogP contribution in [0.15, 0.2) is 12.1 Å². The largest absolute Gasteiger partial charge is 0.491 e. The van der Waals surface area contributed by atoms with Crippen LogP contribution in [-0.4, -0.2) is 25.6 Å². The number of benzene rings is 1. The van der Waals surface area contributed by atoms with Gasteiger partial charge in [0.15, 0.2) is 17.4 Å². The fourth-order valence-corrected chi connectivity index (χ4v) is 2.56. The Morgan fingerprint density at radius 2 is 1.86 bits per heavy atom. The average Bonchev–Trinajstić information content (AvgIpc) is 2.46. The lowest BCUT2D eigenvalue weighted by Gasteiger charge is -2.22. The second kappa shape index (κ2) is 7.24. The summed E-state index contributed by atoms with van der Waals surface area (Å²) >= 11 is 0. The highest BCUT2D eigenvalue weighted by molar-refractivity contribution is 5.81. The zero-order valence-electron chi connectivity index (χ0n) is 12.0. The van der Waals surface area contributed by atoms with Crippen LogP contribution in [0, 0.1) is 11.6 Å². The van der Waals surface area contributed by atoms with E-state index in [2.05, 4.69) is 15.4 Å². The molecule has 2 rings (SSSR count). The van der Waals surface area contributed by atoms with Gasteiger partial charge in [-0.25, -0.2) is 8.78 Å². The van der Waals surface area contributed by atoms with Crippen LogP contribution in [0.5, 0.6) is 5.75 Å². The van der Waals surface area contributed by atoms with E-state index in [0.29, 0.717) is 0 Å². The van der Waals surface area contributed by atoms with Gasteiger partial charge >= 0.3 is 0 Å². The van der Waals surface area contributed by atoms with Gasteiger partial charge in [-0.1, -0.05) is 19.3 Å². The highest BCUT2D eigenvalue weighted by Crippen LogP contribution is 2.25. The molecule has 1 amide bonds. The van der Waals surface area contributed by atoms with E-state index in [1.807, 2.05) is 0 Å². The summed E-state index contributed by atoms with van der Waals surface area (Å²) in [6, 6.07) is 2.43. The molecule has 0 aromatic heterocycles. The van der Waals surface area contributed by atoms with E-state index in [1.54, 1.807) is 0 Å². The number of nitrogens with one attached hydrogen (secondary N) is 2. The molecule has 0 saturated heterocycles. The summed E-state index contributed by atoms with van der Waals surface area (Å²) in [6.45, 7) is -0.0122. The third-order valence-electron chi connectivity index (χ3n) is 3.63. The van der Waals surface area contributed by atoms with Crippen molar-refractivity contribution in [3.05, 3.63) is 23.8 Å². The van der Waals surface area contributed by atoms with Crippen molar-refractivity contribution < 1.29 is 18.3 Å². The maximum atomic E-state index is 13.5. The molecule has 0 atom stereocenters. The Bertz CT molecular complexity index is 479. The first-order chi connectivity index (χ1) is 10.1. The zero-order valence-corrected chi connectivity index (χ0v) is 12.0. The number of halogens is 2. The molecule has 2 N–H and O–H groups in total. The number of ether oxygens (including phenoxy) is 1. The van der Waals surface area contributed by atoms with Crippen LogP contribution >= 0.6 is 0 Å². The van der Waals surface area contributed by atoms with Gasteiger partial charge in [-0.15, -0.1) is 0 Å². The number of hydrogen-bond donors (Lipinski definition) is 2. The van der Waals surface area contributed by atoms with Crippen LogP contribution in [-0.2, 0) is 4.79 Å². The minimum absolute atomic E-state index is 0.0122. The Labute approximate surface area is 122 Å². The smallest absolute Gasteiger partial charge is 0.239 e. The standard InChI is InChI=1S/C15H20F2N2O2/c1-21-15-12(16)7-11(8-13(15)17)18-9-14(20)19-10-5-3-2-4-6-10/h7-8,10,18H,2-6,9H2,1H3,(H,19,20). The van der Waals surface area contributed by atoms with E-state index in [0.717, 1.165) is 37.8 Å². The van der Waals surface area contributed by atoms with Gasteiger partial charge in [0.25, 0.3) is 0 Å². The van der Waals surface area contributed by atoms with Crippen LogP contribution in [0.25, 0.3) is 0 Å². The third kappa shape index (κ3) is 4.31. The van der Waals surface area contributed by atoms with E-state index >= 15 is 0 Å². The summed E-state index contributed by atoms with van der Waals surface area (Å²) < 4.78 is 31.6. The average molecular weight is 298 g/mol. The number of carbonyl (C=O) groups is 1. The molecule has 1 aromatic rings. The summed E-state index contributed by atoms with van der Waals surface area (Å²) in [5, 5.41) is 5.65. The molecular formula is C15H20F2N2O2. The molecule has 0 heterocycles. The Kier molecular flexibility index (Phi) is 5.36. The summed E-state index contributed by atoms with van der Waals surface area (Å²) in [5.74, 6) is -2.19. The summed E-state index contributed by atoms with van der Waals surface area (Å²) in [7, 11) is 1.20. The van der Waals surface area contributed by atoms with E-state index in [9.17, 15) is 13.6 Å². The van der Waals surface area contributed by atoms with Crippen molar-refractivity contribution in [1.82, 2.24) is 5.32 Å². The molecule has 0 unspecified atom stereocenters. The first-order valence-electron chi connectivity index (χ1n) is 7.16. The van der Waals surface area contributed by atoms with E-state index in [4.69, 9.17) is 0 Å². The molecule has 21 heavy (non-hydrogen) atoms. The molecular weight excluding hydrogens is 278 g/mol. The number of carbonyl (C=O) groups excluding carboxylic acids is 1. The van der Waals surface area contributed by atoms with Crippen molar-refractivity contribution in [1.29, 1.82) is 0 Å². The maximum Gasteiger partial charge on any atom is 0.239 e. The van der Waals surface area contributed by atoms with Gasteiger partial charge in [-0.3, -0.25) is 4.79 Å². The van der Waals surface area contributed by atoms with Crippen molar-refractivity contribution in [3.63, 3.8) is 0 Å². The van der Waals surface area contributed by atoms with Crippen molar-refractivity contribution in [2.75, 3.05) is 19.0 Å². The third-order valence-corrected chi connectivity index (χ3v) is 3.63. The number of amides is 1. The van der Waals surface area contributed by atoms with Crippen molar-refractivity contribution in [2.24, 2.45) is 0 Å². The molecule has 116 valence electrons. The molecule has 0 bridgehead atoms. The fourth-order valence-electron chi connectivity index (χ4n) is 2.56. The molecule has 0 spiro atoms. The first kappa shape index (κ1) is 15.5. The minimum Gasteiger partial charge on any atom is -0.491 e. The van der Waals surface area contributed by atoms with Crippen LogP contribution in [0.3, 0.4) is 0 Å². The molecule has 1 fully saturated rings. The first-order valence-corrected chi connectivity index (χ1v) is 7.16. The molecule has 0 radical (unpaired) electrons. The van der Waals surface area contributed by atoms with E-state index < -0.39 is 17.4 Å². The van der Waals surface area contributed by atoms with Gasteiger partial charge < -0.3 is 15.4 Å². The normalized spacial score (nSPS) is 15.6. The van der Waals surface area contributed by atoms with Crippen LogP contribution < -0.4 is 15.4 Å². The Hall–Kier alpha value is -1.85. The lowest BCUT2D eigenvalue weighted by atomic mass is 9.95. The molecule has 1 aliphatic carbocycles. The summed E-state index contributed by atoms with van der Waals surface area (Å²) in [4.78, 5) is 11.8. The summed E-state index contributed by atoms with van der Waals surface area (Å²) in [6.07, 6.45) is 5.48. The van der Waals surface area contributed by atoms with Gasteiger partial charge in [0.05, 0.1) is 13.7 Å². The van der Waals surface area contributed by atoms with E-state index in [1.165, 1.54) is 13.5 Å². The Morgan fingerprint density at radius 3 is 2.43 bits per heavy atom.